The molecular formula is C20H22BrClFNO2. The van der Waals surface area contributed by atoms with Gasteiger partial charge in [-0.25, -0.2) is 4.39 Å². The van der Waals surface area contributed by atoms with Gasteiger partial charge in [0.2, 0.25) is 0 Å². The van der Waals surface area contributed by atoms with Crippen molar-refractivity contribution >= 4 is 27.5 Å². The molecule has 0 bridgehead atoms. The van der Waals surface area contributed by atoms with Gasteiger partial charge in [0.25, 0.3) is 0 Å². The quantitative estimate of drug-likeness (QED) is 0.582. The van der Waals surface area contributed by atoms with Gasteiger partial charge in [0.05, 0.1) is 16.6 Å². The Morgan fingerprint density at radius 3 is 2.69 bits per heavy atom. The first-order chi connectivity index (χ1) is 12.6. The van der Waals surface area contributed by atoms with Crippen molar-refractivity contribution in [3.63, 3.8) is 0 Å². The molecule has 1 saturated carbocycles. The van der Waals surface area contributed by atoms with Crippen LogP contribution in [0.25, 0.3) is 0 Å². The third-order valence-corrected chi connectivity index (χ3v) is 5.57. The summed E-state index contributed by atoms with van der Waals surface area (Å²) >= 11 is 9.64. The standard InChI is InChI=1S/C20H22BrClFNO2/c1-25-19-9-13(11-24-16-4-2-3-5-16)8-17(21)20(19)26-12-14-6-7-15(23)10-18(14)22/h6-10,16,24H,2-5,11-12H2,1H3. The molecular weight excluding hydrogens is 421 g/mol. The fourth-order valence-electron chi connectivity index (χ4n) is 3.20. The number of hydrogen-bond acceptors (Lipinski definition) is 3. The van der Waals surface area contributed by atoms with Crippen LogP contribution in [0.4, 0.5) is 4.39 Å². The molecule has 0 amide bonds. The lowest BCUT2D eigenvalue weighted by molar-refractivity contribution is 0.282. The largest absolute Gasteiger partial charge is 0.493 e. The molecule has 2 aromatic carbocycles. The number of rotatable bonds is 7. The number of hydrogen-bond donors (Lipinski definition) is 1. The number of nitrogens with one attached hydrogen (secondary N) is 1. The monoisotopic (exact) mass is 441 g/mol. The number of halogens is 3. The van der Waals surface area contributed by atoms with Gasteiger partial charge in [0.1, 0.15) is 12.4 Å². The summed E-state index contributed by atoms with van der Waals surface area (Å²) in [5.74, 6) is 0.898. The van der Waals surface area contributed by atoms with Crippen LogP contribution in [0, 0.1) is 5.82 Å². The average molecular weight is 443 g/mol. The predicted molar refractivity (Wildman–Crippen MR) is 106 cm³/mol. The zero-order valence-corrected chi connectivity index (χ0v) is 17.0. The molecule has 0 aromatic heterocycles. The minimum atomic E-state index is -0.364. The SMILES string of the molecule is COc1cc(CNC2CCCC2)cc(Br)c1OCc1ccc(F)cc1Cl. The van der Waals surface area contributed by atoms with Crippen LogP contribution in [0.15, 0.2) is 34.8 Å². The van der Waals surface area contributed by atoms with E-state index in [0.717, 1.165) is 16.6 Å². The third-order valence-electron chi connectivity index (χ3n) is 4.63. The molecule has 140 valence electrons. The number of ether oxygens (including phenoxy) is 2. The smallest absolute Gasteiger partial charge is 0.175 e. The van der Waals surface area contributed by atoms with E-state index in [9.17, 15) is 4.39 Å². The Labute approximate surface area is 167 Å². The molecule has 3 nitrogen and oxygen atoms in total. The molecule has 26 heavy (non-hydrogen) atoms. The van der Waals surface area contributed by atoms with Gasteiger partial charge >= 0.3 is 0 Å². The molecule has 0 unspecified atom stereocenters. The second-order valence-electron chi connectivity index (χ2n) is 6.50. The van der Waals surface area contributed by atoms with Crippen molar-refractivity contribution in [2.75, 3.05) is 7.11 Å². The summed E-state index contributed by atoms with van der Waals surface area (Å²) in [5, 5.41) is 3.94. The maximum atomic E-state index is 13.2. The molecule has 1 aliphatic rings. The van der Waals surface area contributed by atoms with Crippen LogP contribution in [-0.4, -0.2) is 13.2 Å². The molecule has 0 aliphatic heterocycles. The van der Waals surface area contributed by atoms with Crippen molar-refractivity contribution in [3.8, 4) is 11.5 Å². The van der Waals surface area contributed by atoms with Gasteiger partial charge in [-0.15, -0.1) is 0 Å². The fourth-order valence-corrected chi connectivity index (χ4v) is 4.02. The number of methoxy groups -OCH3 is 1. The Morgan fingerprint density at radius 1 is 1.23 bits per heavy atom. The normalized spacial score (nSPS) is 14.6. The van der Waals surface area contributed by atoms with Crippen LogP contribution < -0.4 is 14.8 Å². The van der Waals surface area contributed by atoms with Gasteiger partial charge in [-0.05, 0) is 58.6 Å². The van der Waals surface area contributed by atoms with E-state index in [0.29, 0.717) is 28.1 Å². The lowest BCUT2D eigenvalue weighted by Gasteiger charge is -2.16. The summed E-state index contributed by atoms with van der Waals surface area (Å²) in [6.45, 7) is 1.03. The van der Waals surface area contributed by atoms with Crippen molar-refractivity contribution in [2.45, 2.75) is 44.9 Å². The van der Waals surface area contributed by atoms with Crippen LogP contribution in [0.2, 0.25) is 5.02 Å². The van der Waals surface area contributed by atoms with Gasteiger partial charge in [0.15, 0.2) is 11.5 Å². The van der Waals surface area contributed by atoms with Gasteiger partial charge in [-0.2, -0.15) is 0 Å². The first-order valence-corrected chi connectivity index (χ1v) is 9.90. The molecule has 0 spiro atoms. The fraction of sp³-hybridized carbons (Fsp3) is 0.400. The van der Waals surface area contributed by atoms with E-state index in [1.165, 1.54) is 37.8 Å². The van der Waals surface area contributed by atoms with Crippen LogP contribution in [-0.2, 0) is 13.2 Å². The van der Waals surface area contributed by atoms with E-state index in [1.54, 1.807) is 13.2 Å². The van der Waals surface area contributed by atoms with E-state index in [1.807, 2.05) is 12.1 Å². The zero-order chi connectivity index (χ0) is 18.5. The minimum absolute atomic E-state index is 0.230. The summed E-state index contributed by atoms with van der Waals surface area (Å²) in [4.78, 5) is 0. The van der Waals surface area contributed by atoms with Crippen LogP contribution in [0.5, 0.6) is 11.5 Å². The summed E-state index contributed by atoms with van der Waals surface area (Å²) in [7, 11) is 1.62. The van der Waals surface area contributed by atoms with E-state index >= 15 is 0 Å². The van der Waals surface area contributed by atoms with Crippen molar-refractivity contribution in [2.24, 2.45) is 0 Å². The van der Waals surface area contributed by atoms with Crippen molar-refractivity contribution < 1.29 is 13.9 Å². The molecule has 0 atom stereocenters. The Morgan fingerprint density at radius 2 is 2.00 bits per heavy atom. The van der Waals surface area contributed by atoms with Gasteiger partial charge < -0.3 is 14.8 Å². The van der Waals surface area contributed by atoms with Crippen molar-refractivity contribution in [1.29, 1.82) is 0 Å². The van der Waals surface area contributed by atoms with Crippen LogP contribution >= 0.6 is 27.5 Å². The highest BCUT2D eigenvalue weighted by Crippen LogP contribution is 2.37. The second-order valence-corrected chi connectivity index (χ2v) is 7.76. The molecule has 1 fully saturated rings. The summed E-state index contributed by atoms with van der Waals surface area (Å²) in [5.41, 5.74) is 1.85. The van der Waals surface area contributed by atoms with E-state index < -0.39 is 0 Å². The summed E-state index contributed by atoms with van der Waals surface area (Å²) in [6.07, 6.45) is 5.11. The molecule has 6 heteroatoms. The lowest BCUT2D eigenvalue weighted by atomic mass is 10.1. The summed E-state index contributed by atoms with van der Waals surface area (Å²) < 4.78 is 25.4. The van der Waals surface area contributed by atoms with E-state index in [2.05, 4.69) is 21.2 Å². The summed E-state index contributed by atoms with van der Waals surface area (Å²) in [6, 6.07) is 8.90. The molecule has 3 rings (SSSR count). The van der Waals surface area contributed by atoms with Crippen molar-refractivity contribution in [1.82, 2.24) is 5.32 Å². The molecule has 0 radical (unpaired) electrons. The minimum Gasteiger partial charge on any atom is -0.493 e. The first kappa shape index (κ1) is 19.5. The number of benzene rings is 2. The van der Waals surface area contributed by atoms with Crippen molar-refractivity contribution in [3.05, 3.63) is 56.8 Å². The Kier molecular flexibility index (Phi) is 6.79. The topological polar surface area (TPSA) is 30.5 Å². The highest BCUT2D eigenvalue weighted by molar-refractivity contribution is 9.10. The highest BCUT2D eigenvalue weighted by Gasteiger charge is 2.16. The van der Waals surface area contributed by atoms with E-state index in [4.69, 9.17) is 21.1 Å². The Hall–Kier alpha value is -1.30. The van der Waals surface area contributed by atoms with E-state index in [-0.39, 0.29) is 12.4 Å². The van der Waals surface area contributed by atoms with Gasteiger partial charge in [-0.3, -0.25) is 0 Å². The molecule has 0 heterocycles. The predicted octanol–water partition coefficient (Wildman–Crippen LogP) is 5.86. The second kappa shape index (κ2) is 9.07. The molecule has 1 aliphatic carbocycles. The average Bonchev–Trinajstić information content (AvgIpc) is 3.13. The first-order valence-electron chi connectivity index (χ1n) is 8.73. The molecule has 1 N–H and O–H groups in total. The maximum Gasteiger partial charge on any atom is 0.175 e. The Bertz CT molecular complexity index is 766. The molecule has 0 saturated heterocycles. The van der Waals surface area contributed by atoms with Crippen LogP contribution in [0.3, 0.4) is 0 Å². The van der Waals surface area contributed by atoms with Crippen LogP contribution in [0.1, 0.15) is 36.8 Å². The zero-order valence-electron chi connectivity index (χ0n) is 14.7. The highest BCUT2D eigenvalue weighted by atomic mass is 79.9. The third kappa shape index (κ3) is 4.90. The lowest BCUT2D eigenvalue weighted by Crippen LogP contribution is -2.25. The Balaban J connectivity index is 1.69. The van der Waals surface area contributed by atoms with Gasteiger partial charge in [0, 0.05) is 18.2 Å². The maximum absolute atomic E-state index is 13.2. The molecule has 2 aromatic rings. The van der Waals surface area contributed by atoms with Gasteiger partial charge in [-0.1, -0.05) is 30.5 Å².